The van der Waals surface area contributed by atoms with E-state index in [0.717, 1.165) is 11.1 Å². The molecule has 0 aliphatic rings. The largest absolute Gasteiger partial charge is 0.488 e. The first-order valence-corrected chi connectivity index (χ1v) is 9.31. The number of para-hydroxylation sites is 1. The second kappa shape index (κ2) is 8.40. The van der Waals surface area contributed by atoms with Crippen LogP contribution < -0.4 is 10.1 Å². The third-order valence-electron chi connectivity index (χ3n) is 4.64. The molecule has 0 fully saturated rings. The first-order chi connectivity index (χ1) is 13.8. The molecular weight excluding hydrogens is 346 g/mol. The summed E-state index contributed by atoms with van der Waals surface area (Å²) >= 11 is 0. The molecule has 4 aromatic carbocycles. The van der Waals surface area contributed by atoms with Gasteiger partial charge in [-0.2, -0.15) is 0 Å². The lowest BCUT2D eigenvalue weighted by atomic mass is 10.1. The Morgan fingerprint density at radius 1 is 0.714 bits per heavy atom. The number of carbonyl (C=O) groups is 1. The summed E-state index contributed by atoms with van der Waals surface area (Å²) in [5.74, 6) is 0.444. The van der Waals surface area contributed by atoms with Crippen molar-refractivity contribution in [2.24, 2.45) is 0 Å². The van der Waals surface area contributed by atoms with Crippen molar-refractivity contribution >= 4 is 16.7 Å². The number of hydrogen-bond acceptors (Lipinski definition) is 2. The molecule has 3 heteroatoms. The lowest BCUT2D eigenvalue weighted by molar-refractivity contribution is 0.0946. The number of benzene rings is 4. The Kier molecular flexibility index (Phi) is 5.34. The van der Waals surface area contributed by atoms with E-state index in [9.17, 15) is 4.79 Å². The normalized spacial score (nSPS) is 10.6. The highest BCUT2D eigenvalue weighted by Gasteiger charge is 2.12. The Morgan fingerprint density at radius 3 is 2.29 bits per heavy atom. The Labute approximate surface area is 164 Å². The summed E-state index contributed by atoms with van der Waals surface area (Å²) in [5, 5.41) is 5.36. The van der Waals surface area contributed by atoms with Gasteiger partial charge in [0.2, 0.25) is 0 Å². The number of ether oxygens (including phenoxy) is 1. The lowest BCUT2D eigenvalue weighted by Gasteiger charge is -2.12. The highest BCUT2D eigenvalue weighted by atomic mass is 16.5. The first-order valence-electron chi connectivity index (χ1n) is 9.31. The van der Waals surface area contributed by atoms with E-state index >= 15 is 0 Å². The summed E-state index contributed by atoms with van der Waals surface area (Å²) in [5.41, 5.74) is 2.67. The Hall–Kier alpha value is -3.59. The van der Waals surface area contributed by atoms with Gasteiger partial charge in [-0.05, 0) is 40.1 Å². The zero-order valence-electron chi connectivity index (χ0n) is 15.5. The summed E-state index contributed by atoms with van der Waals surface area (Å²) in [6, 6.07) is 31.7. The second-order valence-electron chi connectivity index (χ2n) is 6.63. The van der Waals surface area contributed by atoms with Crippen molar-refractivity contribution in [2.75, 3.05) is 0 Å². The number of fused-ring (bicyclic) bond motifs is 1. The van der Waals surface area contributed by atoms with Gasteiger partial charge in [-0.1, -0.05) is 78.9 Å². The molecule has 1 amide bonds. The molecule has 0 heterocycles. The molecule has 0 radical (unpaired) electrons. The van der Waals surface area contributed by atoms with Gasteiger partial charge in [0, 0.05) is 6.54 Å². The maximum atomic E-state index is 12.7. The fraction of sp³-hybridized carbons (Fsp3) is 0.0800. The third-order valence-corrected chi connectivity index (χ3v) is 4.64. The summed E-state index contributed by atoms with van der Waals surface area (Å²) in [6.07, 6.45) is 0. The van der Waals surface area contributed by atoms with E-state index in [-0.39, 0.29) is 5.91 Å². The molecular formula is C25H21NO2. The van der Waals surface area contributed by atoms with Crippen molar-refractivity contribution < 1.29 is 9.53 Å². The molecule has 4 aromatic rings. The van der Waals surface area contributed by atoms with Crippen LogP contribution in [0.15, 0.2) is 97.1 Å². The average molecular weight is 367 g/mol. The molecule has 1 N–H and O–H groups in total. The third kappa shape index (κ3) is 4.21. The molecule has 0 aliphatic heterocycles. The highest BCUT2D eigenvalue weighted by Crippen LogP contribution is 2.20. The van der Waals surface area contributed by atoms with Crippen molar-refractivity contribution in [1.29, 1.82) is 0 Å². The zero-order chi connectivity index (χ0) is 19.2. The number of hydrogen-bond donors (Lipinski definition) is 1. The molecule has 0 aliphatic carbocycles. The monoisotopic (exact) mass is 367 g/mol. The van der Waals surface area contributed by atoms with Gasteiger partial charge >= 0.3 is 0 Å². The van der Waals surface area contributed by atoms with Crippen molar-refractivity contribution in [3.8, 4) is 5.75 Å². The summed E-state index contributed by atoms with van der Waals surface area (Å²) < 4.78 is 5.89. The smallest absolute Gasteiger partial charge is 0.255 e. The lowest BCUT2D eigenvalue weighted by Crippen LogP contribution is -2.23. The van der Waals surface area contributed by atoms with Crippen molar-refractivity contribution in [1.82, 2.24) is 5.32 Å². The van der Waals surface area contributed by atoms with Crippen LogP contribution in [0.25, 0.3) is 10.8 Å². The van der Waals surface area contributed by atoms with E-state index < -0.39 is 0 Å². The fourth-order valence-electron chi connectivity index (χ4n) is 3.14. The predicted molar refractivity (Wildman–Crippen MR) is 112 cm³/mol. The van der Waals surface area contributed by atoms with E-state index in [1.807, 2.05) is 66.7 Å². The standard InChI is InChI=1S/C25H21NO2/c27-25(26-17-20-14-15-21-10-4-5-11-22(21)16-20)23-12-6-7-13-24(23)28-18-19-8-2-1-3-9-19/h1-16H,17-18H2,(H,26,27). The molecule has 0 atom stereocenters. The van der Waals surface area contributed by atoms with Gasteiger partial charge < -0.3 is 10.1 Å². The molecule has 3 nitrogen and oxygen atoms in total. The Bertz CT molecular complexity index is 1090. The fourth-order valence-corrected chi connectivity index (χ4v) is 3.14. The first kappa shape index (κ1) is 17.8. The van der Waals surface area contributed by atoms with Gasteiger partial charge in [-0.25, -0.2) is 0 Å². The Balaban J connectivity index is 1.44. The molecule has 28 heavy (non-hydrogen) atoms. The van der Waals surface area contributed by atoms with Gasteiger partial charge in [-0.15, -0.1) is 0 Å². The number of rotatable bonds is 6. The van der Waals surface area contributed by atoms with Crippen molar-refractivity contribution in [3.05, 3.63) is 114 Å². The van der Waals surface area contributed by atoms with Crippen LogP contribution in [-0.2, 0) is 13.2 Å². The number of nitrogens with one attached hydrogen (secondary N) is 1. The molecule has 0 aromatic heterocycles. The van der Waals surface area contributed by atoms with E-state index in [1.165, 1.54) is 10.8 Å². The summed E-state index contributed by atoms with van der Waals surface area (Å²) in [4.78, 5) is 12.7. The van der Waals surface area contributed by atoms with E-state index in [2.05, 4.69) is 29.6 Å². The number of amides is 1. The highest BCUT2D eigenvalue weighted by molar-refractivity contribution is 5.97. The molecule has 0 unspecified atom stereocenters. The second-order valence-corrected chi connectivity index (χ2v) is 6.63. The van der Waals surface area contributed by atoms with Crippen LogP contribution in [0.3, 0.4) is 0 Å². The summed E-state index contributed by atoms with van der Waals surface area (Å²) in [6.45, 7) is 0.895. The topological polar surface area (TPSA) is 38.3 Å². The van der Waals surface area contributed by atoms with Crippen LogP contribution in [0.2, 0.25) is 0 Å². The van der Waals surface area contributed by atoms with Gasteiger partial charge in [0.1, 0.15) is 12.4 Å². The SMILES string of the molecule is O=C(NCc1ccc2ccccc2c1)c1ccccc1OCc1ccccc1. The molecule has 0 saturated carbocycles. The molecule has 0 spiro atoms. The van der Waals surface area contributed by atoms with Crippen molar-refractivity contribution in [2.45, 2.75) is 13.2 Å². The molecule has 0 bridgehead atoms. The van der Waals surface area contributed by atoms with Crippen LogP contribution in [0.5, 0.6) is 5.75 Å². The van der Waals surface area contributed by atoms with Gasteiger partial charge in [0.25, 0.3) is 5.91 Å². The molecule has 138 valence electrons. The minimum Gasteiger partial charge on any atom is -0.488 e. The minimum atomic E-state index is -0.142. The maximum Gasteiger partial charge on any atom is 0.255 e. The maximum absolute atomic E-state index is 12.7. The average Bonchev–Trinajstić information content (AvgIpc) is 2.77. The van der Waals surface area contributed by atoms with E-state index in [1.54, 1.807) is 6.07 Å². The molecule has 0 saturated heterocycles. The van der Waals surface area contributed by atoms with Gasteiger partial charge in [-0.3, -0.25) is 4.79 Å². The minimum absolute atomic E-state index is 0.142. The van der Waals surface area contributed by atoms with Crippen LogP contribution in [-0.4, -0.2) is 5.91 Å². The molecule has 4 rings (SSSR count). The van der Waals surface area contributed by atoms with Crippen LogP contribution in [0.4, 0.5) is 0 Å². The van der Waals surface area contributed by atoms with Crippen LogP contribution in [0, 0.1) is 0 Å². The predicted octanol–water partition coefficient (Wildman–Crippen LogP) is 5.35. The Morgan fingerprint density at radius 2 is 1.43 bits per heavy atom. The van der Waals surface area contributed by atoms with Gasteiger partial charge in [0.15, 0.2) is 0 Å². The van der Waals surface area contributed by atoms with Crippen molar-refractivity contribution in [3.63, 3.8) is 0 Å². The van der Waals surface area contributed by atoms with Gasteiger partial charge in [0.05, 0.1) is 5.56 Å². The quantitative estimate of drug-likeness (QED) is 0.499. The van der Waals surface area contributed by atoms with E-state index in [4.69, 9.17) is 4.74 Å². The van der Waals surface area contributed by atoms with E-state index in [0.29, 0.717) is 24.5 Å². The zero-order valence-corrected chi connectivity index (χ0v) is 15.5. The van der Waals surface area contributed by atoms with Crippen LogP contribution in [0.1, 0.15) is 21.5 Å². The number of carbonyl (C=O) groups excluding carboxylic acids is 1. The van der Waals surface area contributed by atoms with Crippen LogP contribution >= 0.6 is 0 Å². The summed E-state index contributed by atoms with van der Waals surface area (Å²) in [7, 11) is 0.